The van der Waals surface area contributed by atoms with Crippen molar-refractivity contribution in [1.82, 2.24) is 9.97 Å². The van der Waals surface area contributed by atoms with Crippen molar-refractivity contribution in [3.8, 4) is 0 Å². The van der Waals surface area contributed by atoms with Crippen molar-refractivity contribution >= 4 is 11.6 Å². The molecular formula is C16H24N4O. The van der Waals surface area contributed by atoms with Gasteiger partial charge in [-0.3, -0.25) is 0 Å². The first kappa shape index (κ1) is 15.4. The van der Waals surface area contributed by atoms with E-state index in [1.54, 1.807) is 6.26 Å². The lowest BCUT2D eigenvalue weighted by atomic mass is 10.2. The van der Waals surface area contributed by atoms with Crippen LogP contribution in [0.4, 0.5) is 11.6 Å². The molecule has 1 unspecified atom stereocenters. The van der Waals surface area contributed by atoms with E-state index in [-0.39, 0.29) is 6.04 Å². The highest BCUT2D eigenvalue weighted by Gasteiger charge is 2.14. The number of nitrogens with zero attached hydrogens (tertiary/aromatic N) is 2. The summed E-state index contributed by atoms with van der Waals surface area (Å²) in [6.45, 7) is 9.14. The van der Waals surface area contributed by atoms with E-state index in [9.17, 15) is 0 Å². The van der Waals surface area contributed by atoms with Crippen molar-refractivity contribution in [2.45, 2.75) is 46.6 Å². The number of anilines is 2. The van der Waals surface area contributed by atoms with Crippen molar-refractivity contribution < 1.29 is 4.42 Å². The molecule has 2 aromatic heterocycles. The van der Waals surface area contributed by atoms with E-state index in [0.717, 1.165) is 48.2 Å². The third-order valence-corrected chi connectivity index (χ3v) is 3.33. The van der Waals surface area contributed by atoms with Gasteiger partial charge in [-0.1, -0.05) is 6.92 Å². The van der Waals surface area contributed by atoms with Gasteiger partial charge in [0.25, 0.3) is 0 Å². The Balaban J connectivity index is 2.27. The number of aryl methyl sites for hydroxylation is 1. The number of hydrogen-bond acceptors (Lipinski definition) is 5. The first-order chi connectivity index (χ1) is 10.2. The molecule has 2 heterocycles. The van der Waals surface area contributed by atoms with Gasteiger partial charge in [0.15, 0.2) is 0 Å². The van der Waals surface area contributed by atoms with Gasteiger partial charge in [-0.15, -0.1) is 0 Å². The quantitative estimate of drug-likeness (QED) is 0.808. The van der Waals surface area contributed by atoms with Gasteiger partial charge in [0, 0.05) is 18.5 Å². The van der Waals surface area contributed by atoms with E-state index in [1.165, 1.54) is 0 Å². The molecule has 0 aromatic carbocycles. The van der Waals surface area contributed by atoms with E-state index in [2.05, 4.69) is 41.4 Å². The second kappa shape index (κ2) is 7.11. The maximum atomic E-state index is 5.44. The van der Waals surface area contributed by atoms with Crippen molar-refractivity contribution in [2.75, 3.05) is 17.2 Å². The molecule has 5 heteroatoms. The van der Waals surface area contributed by atoms with Crippen molar-refractivity contribution in [1.29, 1.82) is 0 Å². The first-order valence-corrected chi connectivity index (χ1v) is 7.57. The molecule has 1 atom stereocenters. The lowest BCUT2D eigenvalue weighted by Crippen LogP contribution is -2.13. The van der Waals surface area contributed by atoms with Crippen LogP contribution in [-0.2, 0) is 6.42 Å². The monoisotopic (exact) mass is 288 g/mol. The number of hydrogen-bond donors (Lipinski definition) is 2. The number of rotatable bonds is 7. The van der Waals surface area contributed by atoms with Gasteiger partial charge in [0.05, 0.1) is 12.3 Å². The Kier molecular flexibility index (Phi) is 5.20. The second-order valence-electron chi connectivity index (χ2n) is 5.12. The van der Waals surface area contributed by atoms with Crippen LogP contribution in [0.1, 0.15) is 50.4 Å². The summed E-state index contributed by atoms with van der Waals surface area (Å²) in [4.78, 5) is 9.25. The number of aromatic nitrogens is 2. The second-order valence-corrected chi connectivity index (χ2v) is 5.12. The summed E-state index contributed by atoms with van der Waals surface area (Å²) in [7, 11) is 0. The highest BCUT2D eigenvalue weighted by molar-refractivity contribution is 5.57. The average molecular weight is 288 g/mol. The minimum absolute atomic E-state index is 0.0672. The molecule has 0 saturated heterocycles. The number of furan rings is 1. The molecular weight excluding hydrogens is 264 g/mol. The Labute approximate surface area is 126 Å². The van der Waals surface area contributed by atoms with Gasteiger partial charge >= 0.3 is 0 Å². The predicted octanol–water partition coefficient (Wildman–Crippen LogP) is 3.94. The van der Waals surface area contributed by atoms with Crippen molar-refractivity contribution in [2.24, 2.45) is 0 Å². The number of nitrogens with one attached hydrogen (secondary N) is 2. The summed E-state index contributed by atoms with van der Waals surface area (Å²) < 4.78 is 5.44. The Bertz CT molecular complexity index is 566. The fourth-order valence-corrected chi connectivity index (χ4v) is 2.19. The van der Waals surface area contributed by atoms with Crippen LogP contribution in [0.3, 0.4) is 0 Å². The summed E-state index contributed by atoms with van der Waals surface area (Å²) >= 11 is 0. The molecule has 5 nitrogen and oxygen atoms in total. The molecule has 0 aliphatic heterocycles. The van der Waals surface area contributed by atoms with Crippen LogP contribution in [0, 0.1) is 6.92 Å². The maximum absolute atomic E-state index is 5.44. The summed E-state index contributed by atoms with van der Waals surface area (Å²) in [5, 5.41) is 6.73. The predicted molar refractivity (Wildman–Crippen MR) is 85.7 cm³/mol. The third kappa shape index (κ3) is 3.74. The molecule has 0 aliphatic rings. The zero-order valence-corrected chi connectivity index (χ0v) is 13.2. The van der Waals surface area contributed by atoms with Crippen LogP contribution in [0.25, 0.3) is 0 Å². The maximum Gasteiger partial charge on any atom is 0.135 e. The van der Waals surface area contributed by atoms with E-state index in [1.807, 2.05) is 19.1 Å². The molecule has 0 aliphatic carbocycles. The molecule has 0 radical (unpaired) electrons. The normalized spacial score (nSPS) is 12.2. The van der Waals surface area contributed by atoms with E-state index in [4.69, 9.17) is 4.42 Å². The van der Waals surface area contributed by atoms with Crippen LogP contribution in [0.5, 0.6) is 0 Å². The van der Waals surface area contributed by atoms with Crippen molar-refractivity contribution in [3.05, 3.63) is 35.5 Å². The van der Waals surface area contributed by atoms with Gasteiger partial charge in [-0.25, -0.2) is 9.97 Å². The molecule has 0 fully saturated rings. The van der Waals surface area contributed by atoms with Gasteiger partial charge in [0.2, 0.25) is 0 Å². The topological polar surface area (TPSA) is 63.0 Å². The largest absolute Gasteiger partial charge is 0.467 e. The standard InChI is InChI=1S/C16H24N4O/c1-5-8-14-19-15(17-6-2)11(3)16(20-14)18-12(4)13-9-7-10-21-13/h7,9-10,12H,5-6,8H2,1-4H3,(H2,17,18,19,20). The van der Waals surface area contributed by atoms with Crippen LogP contribution < -0.4 is 10.6 Å². The van der Waals surface area contributed by atoms with Gasteiger partial charge in [-0.05, 0) is 39.3 Å². The minimum atomic E-state index is 0.0672. The summed E-state index contributed by atoms with van der Waals surface area (Å²) in [5.41, 5.74) is 1.04. The van der Waals surface area contributed by atoms with E-state index < -0.39 is 0 Å². The van der Waals surface area contributed by atoms with Crippen LogP contribution in [0.2, 0.25) is 0 Å². The van der Waals surface area contributed by atoms with Crippen molar-refractivity contribution in [3.63, 3.8) is 0 Å². The van der Waals surface area contributed by atoms with Crippen LogP contribution >= 0.6 is 0 Å². The molecule has 0 bridgehead atoms. The lowest BCUT2D eigenvalue weighted by molar-refractivity contribution is 0.490. The molecule has 0 amide bonds. The Morgan fingerprint density at radius 3 is 2.62 bits per heavy atom. The SMILES string of the molecule is CCCc1nc(NCC)c(C)c(NC(C)c2ccco2)n1. The minimum Gasteiger partial charge on any atom is -0.467 e. The summed E-state index contributed by atoms with van der Waals surface area (Å²) in [6.07, 6.45) is 3.59. The van der Waals surface area contributed by atoms with E-state index in [0.29, 0.717) is 0 Å². The zero-order chi connectivity index (χ0) is 15.2. The van der Waals surface area contributed by atoms with Crippen LogP contribution in [-0.4, -0.2) is 16.5 Å². The smallest absolute Gasteiger partial charge is 0.135 e. The zero-order valence-electron chi connectivity index (χ0n) is 13.2. The fraction of sp³-hybridized carbons (Fsp3) is 0.500. The molecule has 2 rings (SSSR count). The van der Waals surface area contributed by atoms with Gasteiger partial charge < -0.3 is 15.1 Å². The Morgan fingerprint density at radius 1 is 1.24 bits per heavy atom. The summed E-state index contributed by atoms with van der Waals surface area (Å²) in [6, 6.07) is 3.93. The van der Waals surface area contributed by atoms with E-state index >= 15 is 0 Å². The highest BCUT2D eigenvalue weighted by Crippen LogP contribution is 2.25. The summed E-state index contributed by atoms with van der Waals surface area (Å²) in [5.74, 6) is 3.54. The molecule has 2 N–H and O–H groups in total. The fourth-order valence-electron chi connectivity index (χ4n) is 2.19. The Morgan fingerprint density at radius 2 is 2.00 bits per heavy atom. The third-order valence-electron chi connectivity index (χ3n) is 3.33. The molecule has 114 valence electrons. The average Bonchev–Trinajstić information content (AvgIpc) is 2.98. The molecule has 0 saturated carbocycles. The molecule has 21 heavy (non-hydrogen) atoms. The lowest BCUT2D eigenvalue weighted by Gasteiger charge is -2.17. The first-order valence-electron chi connectivity index (χ1n) is 7.57. The van der Waals surface area contributed by atoms with Gasteiger partial charge in [0.1, 0.15) is 23.2 Å². The molecule has 2 aromatic rings. The van der Waals surface area contributed by atoms with Crippen LogP contribution in [0.15, 0.2) is 22.8 Å². The Hall–Kier alpha value is -2.04. The molecule has 0 spiro atoms. The van der Waals surface area contributed by atoms with Gasteiger partial charge in [-0.2, -0.15) is 0 Å². The highest BCUT2D eigenvalue weighted by atomic mass is 16.3.